The van der Waals surface area contributed by atoms with Gasteiger partial charge in [0.15, 0.2) is 11.3 Å². The van der Waals surface area contributed by atoms with E-state index >= 15 is 0 Å². The zero-order valence-electron chi connectivity index (χ0n) is 11.5. The third kappa shape index (κ3) is 3.15. The molecule has 0 heterocycles. The standard InChI is InChI=1S/C15H14N2O3/c1-10(15(18)20-3)11-4-6-12(7-5-11)14(19-2)13(8-16)9-17/h4-7,10H,1-3H3. The van der Waals surface area contributed by atoms with Crippen LogP contribution >= 0.6 is 0 Å². The van der Waals surface area contributed by atoms with Gasteiger partial charge in [0.05, 0.1) is 20.1 Å². The highest BCUT2D eigenvalue weighted by atomic mass is 16.5. The Balaban J connectivity index is 3.15. The van der Waals surface area contributed by atoms with Gasteiger partial charge < -0.3 is 9.47 Å². The van der Waals surface area contributed by atoms with Crippen molar-refractivity contribution in [2.45, 2.75) is 12.8 Å². The lowest BCUT2D eigenvalue weighted by molar-refractivity contribution is -0.141. The summed E-state index contributed by atoms with van der Waals surface area (Å²) in [6, 6.07) is 10.4. The van der Waals surface area contributed by atoms with Crippen LogP contribution in [0, 0.1) is 22.7 Å². The average molecular weight is 270 g/mol. The van der Waals surface area contributed by atoms with Crippen LogP contribution in [0.4, 0.5) is 0 Å². The maximum atomic E-state index is 11.4. The number of nitrogens with zero attached hydrogens (tertiary/aromatic N) is 2. The lowest BCUT2D eigenvalue weighted by Crippen LogP contribution is -2.10. The molecule has 0 saturated heterocycles. The summed E-state index contributed by atoms with van der Waals surface area (Å²) in [7, 11) is 2.74. The largest absolute Gasteiger partial charge is 0.494 e. The molecular formula is C15H14N2O3. The summed E-state index contributed by atoms with van der Waals surface area (Å²) in [5.41, 5.74) is 1.29. The Labute approximate surface area is 117 Å². The van der Waals surface area contributed by atoms with Crippen molar-refractivity contribution in [3.63, 3.8) is 0 Å². The average Bonchev–Trinajstić information content (AvgIpc) is 2.51. The summed E-state index contributed by atoms with van der Waals surface area (Å²) < 4.78 is 9.77. The molecule has 1 unspecified atom stereocenters. The summed E-state index contributed by atoms with van der Waals surface area (Å²) in [5.74, 6) is -0.488. The molecule has 1 aromatic rings. The van der Waals surface area contributed by atoms with Crippen molar-refractivity contribution in [2.24, 2.45) is 0 Å². The molecule has 0 aliphatic carbocycles. The number of methoxy groups -OCH3 is 2. The molecule has 102 valence electrons. The Hall–Kier alpha value is -2.79. The molecule has 20 heavy (non-hydrogen) atoms. The Morgan fingerprint density at radius 2 is 1.65 bits per heavy atom. The van der Waals surface area contributed by atoms with Crippen LogP contribution in [-0.4, -0.2) is 20.2 Å². The molecule has 1 aromatic carbocycles. The van der Waals surface area contributed by atoms with Crippen LogP contribution in [0.3, 0.4) is 0 Å². The first-order chi connectivity index (χ1) is 9.58. The Bertz CT molecular complexity index is 587. The second-order valence-corrected chi connectivity index (χ2v) is 4.00. The van der Waals surface area contributed by atoms with Crippen LogP contribution < -0.4 is 0 Å². The maximum absolute atomic E-state index is 11.4. The van der Waals surface area contributed by atoms with E-state index < -0.39 is 0 Å². The fourth-order valence-electron chi connectivity index (χ4n) is 1.73. The van der Waals surface area contributed by atoms with Crippen LogP contribution in [0.5, 0.6) is 0 Å². The smallest absolute Gasteiger partial charge is 0.312 e. The normalized spacial score (nSPS) is 10.7. The molecule has 0 radical (unpaired) electrons. The van der Waals surface area contributed by atoms with E-state index in [1.165, 1.54) is 14.2 Å². The van der Waals surface area contributed by atoms with Crippen LogP contribution in [0.25, 0.3) is 5.76 Å². The molecular weight excluding hydrogens is 256 g/mol. The number of rotatable bonds is 4. The fourth-order valence-corrected chi connectivity index (χ4v) is 1.73. The monoisotopic (exact) mass is 270 g/mol. The van der Waals surface area contributed by atoms with E-state index in [4.69, 9.17) is 15.3 Å². The fraction of sp³-hybridized carbons (Fsp3) is 0.267. The molecule has 0 aliphatic heterocycles. The molecule has 0 bridgehead atoms. The number of carbonyl (C=O) groups excluding carboxylic acids is 1. The van der Waals surface area contributed by atoms with Gasteiger partial charge >= 0.3 is 5.97 Å². The molecule has 0 amide bonds. The molecule has 1 atom stereocenters. The molecule has 0 aromatic heterocycles. The minimum Gasteiger partial charge on any atom is -0.494 e. The third-order valence-electron chi connectivity index (χ3n) is 2.88. The SMILES string of the molecule is COC(=O)C(C)c1ccc(C(OC)=C(C#N)C#N)cc1. The summed E-state index contributed by atoms with van der Waals surface area (Å²) in [5, 5.41) is 17.7. The van der Waals surface area contributed by atoms with Gasteiger partial charge in [0.1, 0.15) is 12.1 Å². The summed E-state index contributed by atoms with van der Waals surface area (Å²) in [6.07, 6.45) is 0. The second kappa shape index (κ2) is 6.96. The van der Waals surface area contributed by atoms with Crippen LogP contribution in [-0.2, 0) is 14.3 Å². The first-order valence-electron chi connectivity index (χ1n) is 5.85. The summed E-state index contributed by atoms with van der Waals surface area (Å²) in [6.45, 7) is 1.74. The Morgan fingerprint density at radius 1 is 1.10 bits per heavy atom. The molecule has 0 spiro atoms. The van der Waals surface area contributed by atoms with E-state index in [0.717, 1.165) is 5.56 Å². The first-order valence-corrected chi connectivity index (χ1v) is 5.85. The first kappa shape index (κ1) is 15.3. The Morgan fingerprint density at radius 3 is 2.05 bits per heavy atom. The van der Waals surface area contributed by atoms with Crippen molar-refractivity contribution < 1.29 is 14.3 Å². The van der Waals surface area contributed by atoms with Gasteiger partial charge in [-0.1, -0.05) is 24.3 Å². The highest BCUT2D eigenvalue weighted by Crippen LogP contribution is 2.23. The van der Waals surface area contributed by atoms with E-state index in [1.54, 1.807) is 43.3 Å². The number of esters is 1. The lowest BCUT2D eigenvalue weighted by atomic mass is 9.99. The Kier molecular flexibility index (Phi) is 5.31. The van der Waals surface area contributed by atoms with E-state index in [9.17, 15) is 4.79 Å². The van der Waals surface area contributed by atoms with Crippen LogP contribution in [0.15, 0.2) is 29.8 Å². The zero-order valence-corrected chi connectivity index (χ0v) is 11.5. The van der Waals surface area contributed by atoms with Crippen molar-refractivity contribution in [3.8, 4) is 12.1 Å². The number of allylic oxidation sites excluding steroid dienone is 1. The van der Waals surface area contributed by atoms with Gasteiger partial charge in [0.25, 0.3) is 0 Å². The minimum absolute atomic E-state index is 0.0960. The number of hydrogen-bond donors (Lipinski definition) is 0. The number of carbonyl (C=O) groups is 1. The topological polar surface area (TPSA) is 83.1 Å². The van der Waals surface area contributed by atoms with Crippen molar-refractivity contribution in [2.75, 3.05) is 14.2 Å². The van der Waals surface area contributed by atoms with Gasteiger partial charge in [0, 0.05) is 5.56 Å². The van der Waals surface area contributed by atoms with Gasteiger partial charge in [-0.15, -0.1) is 0 Å². The molecule has 0 fully saturated rings. The molecule has 0 aliphatic rings. The van der Waals surface area contributed by atoms with E-state index in [-0.39, 0.29) is 23.2 Å². The van der Waals surface area contributed by atoms with E-state index in [0.29, 0.717) is 5.56 Å². The molecule has 5 heteroatoms. The van der Waals surface area contributed by atoms with Gasteiger partial charge in [-0.3, -0.25) is 4.79 Å². The van der Waals surface area contributed by atoms with Crippen LogP contribution in [0.1, 0.15) is 24.0 Å². The third-order valence-corrected chi connectivity index (χ3v) is 2.88. The van der Waals surface area contributed by atoms with Crippen molar-refractivity contribution in [3.05, 3.63) is 41.0 Å². The quantitative estimate of drug-likeness (QED) is 0.476. The zero-order chi connectivity index (χ0) is 15.1. The lowest BCUT2D eigenvalue weighted by Gasteiger charge is -2.11. The predicted octanol–water partition coefficient (Wildman–Crippen LogP) is 2.37. The number of hydrogen-bond acceptors (Lipinski definition) is 5. The van der Waals surface area contributed by atoms with Crippen molar-refractivity contribution in [1.82, 2.24) is 0 Å². The number of ether oxygens (including phenoxy) is 2. The van der Waals surface area contributed by atoms with E-state index in [1.807, 2.05) is 0 Å². The molecule has 5 nitrogen and oxygen atoms in total. The van der Waals surface area contributed by atoms with Gasteiger partial charge in [-0.25, -0.2) is 0 Å². The highest BCUT2D eigenvalue weighted by molar-refractivity contribution is 5.78. The van der Waals surface area contributed by atoms with Gasteiger partial charge in [0.2, 0.25) is 0 Å². The summed E-state index contributed by atoms with van der Waals surface area (Å²) >= 11 is 0. The second-order valence-electron chi connectivity index (χ2n) is 4.00. The van der Waals surface area contributed by atoms with Gasteiger partial charge in [-0.2, -0.15) is 10.5 Å². The van der Waals surface area contributed by atoms with Crippen molar-refractivity contribution >= 4 is 11.7 Å². The van der Waals surface area contributed by atoms with Crippen molar-refractivity contribution in [1.29, 1.82) is 10.5 Å². The van der Waals surface area contributed by atoms with Gasteiger partial charge in [-0.05, 0) is 12.5 Å². The predicted molar refractivity (Wildman–Crippen MR) is 72.0 cm³/mol. The molecule has 1 rings (SSSR count). The van der Waals surface area contributed by atoms with Crippen LogP contribution in [0.2, 0.25) is 0 Å². The molecule has 0 N–H and O–H groups in total. The highest BCUT2D eigenvalue weighted by Gasteiger charge is 2.16. The number of benzene rings is 1. The summed E-state index contributed by atoms with van der Waals surface area (Å²) in [4.78, 5) is 11.4. The maximum Gasteiger partial charge on any atom is 0.312 e. The van der Waals surface area contributed by atoms with E-state index in [2.05, 4.69) is 4.74 Å². The molecule has 0 saturated carbocycles. The number of nitriles is 2. The minimum atomic E-state index is -0.379.